The van der Waals surface area contributed by atoms with Crippen molar-refractivity contribution in [2.24, 2.45) is 0 Å². The number of nitrogens with zero attached hydrogens (tertiary/aromatic N) is 1. The summed E-state index contributed by atoms with van der Waals surface area (Å²) in [7, 11) is -4.43. The lowest BCUT2D eigenvalue weighted by molar-refractivity contribution is -0.138. The molecule has 0 aliphatic heterocycles. The van der Waals surface area contributed by atoms with Crippen LogP contribution >= 0.6 is 11.3 Å². The van der Waals surface area contributed by atoms with Gasteiger partial charge >= 0.3 is 16.1 Å². The van der Waals surface area contributed by atoms with Crippen molar-refractivity contribution >= 4 is 53.9 Å². The molecule has 0 bridgehead atoms. The minimum Gasteiger partial charge on any atom is -0.480 e. The zero-order valence-electron chi connectivity index (χ0n) is 19.9. The number of benzene rings is 3. The molecule has 0 unspecified atom stereocenters. The van der Waals surface area contributed by atoms with Crippen LogP contribution in [0.2, 0.25) is 0 Å². The molecular formula is C25H24N2O7S3. The second-order valence-electron chi connectivity index (χ2n) is 8.35. The van der Waals surface area contributed by atoms with Gasteiger partial charge in [-0.1, -0.05) is 42.5 Å². The quantitative estimate of drug-likeness (QED) is 0.281. The van der Waals surface area contributed by atoms with Gasteiger partial charge in [-0.2, -0.15) is 13.1 Å². The van der Waals surface area contributed by atoms with Crippen LogP contribution in [0.15, 0.2) is 87.3 Å². The van der Waals surface area contributed by atoms with Crippen molar-refractivity contribution in [3.8, 4) is 5.75 Å². The third-order valence-electron chi connectivity index (χ3n) is 5.53. The first-order valence-electron chi connectivity index (χ1n) is 11.0. The SMILES string of the molecule is CN(C)c1cccc2c(S(=O)(=O)Oc3ccc(C[C@H](NS(=O)(=O)c4cccs4)C(=O)O)cc3)cccc12. The highest BCUT2D eigenvalue weighted by Crippen LogP contribution is 2.31. The van der Waals surface area contributed by atoms with Crippen LogP contribution in [0.3, 0.4) is 0 Å². The minimum atomic E-state index is -4.18. The highest BCUT2D eigenvalue weighted by atomic mass is 32.2. The molecule has 0 aliphatic rings. The molecule has 194 valence electrons. The van der Waals surface area contributed by atoms with E-state index in [1.54, 1.807) is 29.6 Å². The highest BCUT2D eigenvalue weighted by Gasteiger charge is 2.26. The maximum atomic E-state index is 13.1. The Hall–Kier alpha value is -3.45. The van der Waals surface area contributed by atoms with Gasteiger partial charge in [0.1, 0.15) is 20.9 Å². The Morgan fingerprint density at radius 3 is 2.24 bits per heavy atom. The van der Waals surface area contributed by atoms with Crippen molar-refractivity contribution in [1.29, 1.82) is 0 Å². The van der Waals surface area contributed by atoms with Crippen LogP contribution in [0.25, 0.3) is 10.8 Å². The van der Waals surface area contributed by atoms with Gasteiger partial charge in [0.2, 0.25) is 0 Å². The molecule has 0 radical (unpaired) electrons. The number of sulfonamides is 1. The van der Waals surface area contributed by atoms with Gasteiger partial charge in [0, 0.05) is 30.6 Å². The Balaban J connectivity index is 1.53. The first-order chi connectivity index (χ1) is 17.5. The average Bonchev–Trinajstić information content (AvgIpc) is 3.40. The Morgan fingerprint density at radius 1 is 0.946 bits per heavy atom. The van der Waals surface area contributed by atoms with Gasteiger partial charge in [-0.05, 0) is 47.7 Å². The largest absolute Gasteiger partial charge is 0.480 e. The molecule has 1 atom stereocenters. The first-order valence-corrected chi connectivity index (χ1v) is 14.8. The summed E-state index contributed by atoms with van der Waals surface area (Å²) in [5.41, 5.74) is 1.34. The molecule has 0 spiro atoms. The zero-order valence-corrected chi connectivity index (χ0v) is 22.3. The van der Waals surface area contributed by atoms with Crippen LogP contribution < -0.4 is 13.8 Å². The third kappa shape index (κ3) is 5.93. The van der Waals surface area contributed by atoms with Gasteiger partial charge in [-0.15, -0.1) is 11.3 Å². The summed E-state index contributed by atoms with van der Waals surface area (Å²) in [6, 6.07) is 17.7. The molecular weight excluding hydrogens is 536 g/mol. The van der Waals surface area contributed by atoms with E-state index < -0.39 is 32.2 Å². The smallest absolute Gasteiger partial charge is 0.339 e. The van der Waals surface area contributed by atoms with Crippen LogP contribution in [0.4, 0.5) is 5.69 Å². The minimum absolute atomic E-state index is 0.0128. The number of rotatable bonds is 10. The van der Waals surface area contributed by atoms with E-state index in [4.69, 9.17) is 4.18 Å². The second kappa shape index (κ2) is 10.5. The lowest BCUT2D eigenvalue weighted by atomic mass is 10.1. The topological polar surface area (TPSA) is 130 Å². The predicted molar refractivity (Wildman–Crippen MR) is 142 cm³/mol. The summed E-state index contributed by atoms with van der Waals surface area (Å²) in [5.74, 6) is -1.30. The molecule has 0 saturated carbocycles. The zero-order chi connectivity index (χ0) is 26.8. The average molecular weight is 561 g/mol. The molecule has 1 aromatic heterocycles. The Kier molecular flexibility index (Phi) is 7.55. The van der Waals surface area contributed by atoms with Crippen LogP contribution in [0, 0.1) is 0 Å². The summed E-state index contributed by atoms with van der Waals surface area (Å²) in [6.45, 7) is 0. The fourth-order valence-electron chi connectivity index (χ4n) is 3.80. The summed E-state index contributed by atoms with van der Waals surface area (Å²) >= 11 is 0.979. The van der Waals surface area contributed by atoms with Gasteiger partial charge in [0.15, 0.2) is 0 Å². The number of hydrogen-bond donors (Lipinski definition) is 2. The fraction of sp³-hybridized carbons (Fsp3) is 0.160. The molecule has 2 N–H and O–H groups in total. The van der Waals surface area contributed by atoms with E-state index in [2.05, 4.69) is 4.72 Å². The normalized spacial score (nSPS) is 12.8. The van der Waals surface area contributed by atoms with Gasteiger partial charge in [0.05, 0.1) is 0 Å². The number of fused-ring (bicyclic) bond motifs is 1. The monoisotopic (exact) mass is 560 g/mol. The summed E-state index contributed by atoms with van der Waals surface area (Å²) < 4.78 is 58.7. The number of hydrogen-bond acceptors (Lipinski definition) is 8. The fourth-order valence-corrected chi connectivity index (χ4v) is 7.15. The van der Waals surface area contributed by atoms with Crippen molar-refractivity contribution in [3.05, 3.63) is 83.7 Å². The van der Waals surface area contributed by atoms with Crippen LogP contribution in [-0.2, 0) is 31.4 Å². The molecule has 37 heavy (non-hydrogen) atoms. The van der Waals surface area contributed by atoms with Gasteiger partial charge in [-0.3, -0.25) is 4.79 Å². The molecule has 4 aromatic rings. The maximum Gasteiger partial charge on any atom is 0.339 e. The number of anilines is 1. The molecule has 3 aromatic carbocycles. The molecule has 0 saturated heterocycles. The molecule has 0 aliphatic carbocycles. The molecule has 0 amide bonds. The molecule has 12 heteroatoms. The lowest BCUT2D eigenvalue weighted by Gasteiger charge is -2.17. The van der Waals surface area contributed by atoms with Crippen LogP contribution in [0.1, 0.15) is 5.56 Å². The van der Waals surface area contributed by atoms with E-state index in [1.165, 1.54) is 36.4 Å². The van der Waals surface area contributed by atoms with Crippen molar-refractivity contribution in [1.82, 2.24) is 4.72 Å². The standard InChI is InChI=1S/C25H24N2O7S3/c1-27(2)22-8-3-7-20-19(22)6-4-9-23(20)37(32,33)34-18-13-11-17(12-14-18)16-21(25(28)29)26-36(30,31)24-10-5-15-35-24/h3-15,21,26H,16H2,1-2H3,(H,28,29)/t21-/m0/s1. The van der Waals surface area contributed by atoms with Crippen molar-refractivity contribution < 1.29 is 30.9 Å². The van der Waals surface area contributed by atoms with Gasteiger partial charge < -0.3 is 14.2 Å². The number of carboxylic acids is 1. The second-order valence-corrected chi connectivity index (χ2v) is 12.8. The number of aliphatic carboxylic acids is 1. The van der Waals surface area contributed by atoms with E-state index in [0.29, 0.717) is 10.9 Å². The Morgan fingerprint density at radius 2 is 1.62 bits per heavy atom. The van der Waals surface area contributed by atoms with E-state index in [9.17, 15) is 26.7 Å². The molecule has 1 heterocycles. The van der Waals surface area contributed by atoms with Crippen molar-refractivity contribution in [3.63, 3.8) is 0 Å². The van der Waals surface area contributed by atoms with Crippen LogP contribution in [0.5, 0.6) is 5.75 Å². The predicted octanol–water partition coefficient (Wildman–Crippen LogP) is 3.71. The van der Waals surface area contributed by atoms with E-state index in [0.717, 1.165) is 22.4 Å². The Labute approximate surface area is 219 Å². The molecule has 4 rings (SSSR count). The van der Waals surface area contributed by atoms with Crippen molar-refractivity contribution in [2.75, 3.05) is 19.0 Å². The van der Waals surface area contributed by atoms with E-state index in [1.807, 2.05) is 31.1 Å². The number of nitrogens with one attached hydrogen (secondary N) is 1. The summed E-state index contributed by atoms with van der Waals surface area (Å²) in [4.78, 5) is 13.6. The third-order valence-corrected chi connectivity index (χ3v) is 9.71. The summed E-state index contributed by atoms with van der Waals surface area (Å²) in [5, 5.41) is 12.4. The first kappa shape index (κ1) is 26.6. The van der Waals surface area contributed by atoms with Crippen LogP contribution in [-0.4, -0.2) is 48.0 Å². The van der Waals surface area contributed by atoms with Crippen molar-refractivity contribution in [2.45, 2.75) is 21.6 Å². The Bertz CT molecular complexity index is 1630. The molecule has 9 nitrogen and oxygen atoms in total. The van der Waals surface area contributed by atoms with Gasteiger partial charge in [0.25, 0.3) is 10.0 Å². The molecule has 0 fully saturated rings. The number of carbonyl (C=O) groups is 1. The highest BCUT2D eigenvalue weighted by molar-refractivity contribution is 7.91. The number of thiophene rings is 1. The number of carboxylic acid groups (broad SMARTS) is 1. The van der Waals surface area contributed by atoms with E-state index in [-0.39, 0.29) is 21.3 Å². The maximum absolute atomic E-state index is 13.1. The van der Waals surface area contributed by atoms with Gasteiger partial charge in [-0.25, -0.2) is 8.42 Å². The summed E-state index contributed by atoms with van der Waals surface area (Å²) in [6.07, 6.45) is -0.149. The lowest BCUT2D eigenvalue weighted by Crippen LogP contribution is -2.42. The van der Waals surface area contributed by atoms with E-state index >= 15 is 0 Å².